The van der Waals surface area contributed by atoms with Crippen molar-refractivity contribution in [3.63, 3.8) is 0 Å². The van der Waals surface area contributed by atoms with Crippen LogP contribution in [0.15, 0.2) is 79.1 Å². The first-order valence-electron chi connectivity index (χ1n) is 10.3. The van der Waals surface area contributed by atoms with Crippen molar-refractivity contribution in [2.24, 2.45) is 0 Å². The van der Waals surface area contributed by atoms with Gasteiger partial charge in [-0.25, -0.2) is 0 Å². The molecule has 0 atom stereocenters. The third-order valence-corrected chi connectivity index (χ3v) is 5.48. The molecule has 0 aliphatic carbocycles. The Morgan fingerprint density at radius 1 is 0.781 bits per heavy atom. The van der Waals surface area contributed by atoms with Gasteiger partial charge in [-0.15, -0.1) is 0 Å². The van der Waals surface area contributed by atoms with Gasteiger partial charge < -0.3 is 18.8 Å². The van der Waals surface area contributed by atoms with Crippen molar-refractivity contribution in [2.45, 2.75) is 6.92 Å². The highest BCUT2D eigenvalue weighted by Gasteiger charge is 2.22. The lowest BCUT2D eigenvalue weighted by atomic mass is 9.97. The summed E-state index contributed by atoms with van der Waals surface area (Å²) in [4.78, 5) is 13.7. The zero-order chi connectivity index (χ0) is 22.7. The lowest BCUT2D eigenvalue weighted by Gasteiger charge is -2.14. The highest BCUT2D eigenvalue weighted by atomic mass is 16.5. The Bertz CT molecular complexity index is 1230. The number of hydrogen-bond donors (Lipinski definition) is 0. The van der Waals surface area contributed by atoms with E-state index < -0.39 is 0 Å². The molecule has 0 fully saturated rings. The predicted molar refractivity (Wildman–Crippen MR) is 125 cm³/mol. The number of aryl methyl sites for hydroxylation is 1. The van der Waals surface area contributed by atoms with Gasteiger partial charge in [-0.1, -0.05) is 48.5 Å². The number of methoxy groups -OCH3 is 3. The Hall–Kier alpha value is -3.99. The minimum Gasteiger partial charge on any atom is -0.493 e. The van der Waals surface area contributed by atoms with Crippen molar-refractivity contribution in [3.05, 3.63) is 95.8 Å². The number of benzene rings is 3. The number of carbonyl (C=O) groups excluding carboxylic acids is 1. The minimum atomic E-state index is -0.129. The molecule has 4 aromatic rings. The molecule has 162 valence electrons. The summed E-state index contributed by atoms with van der Waals surface area (Å²) in [6, 6.07) is 21.4. The van der Waals surface area contributed by atoms with Gasteiger partial charge in [-0.05, 0) is 36.2 Å². The third-order valence-electron chi connectivity index (χ3n) is 5.48. The van der Waals surface area contributed by atoms with Crippen LogP contribution >= 0.6 is 0 Å². The summed E-state index contributed by atoms with van der Waals surface area (Å²) in [5.74, 6) is 1.20. The molecule has 0 aliphatic rings. The van der Waals surface area contributed by atoms with Crippen molar-refractivity contribution in [1.29, 1.82) is 0 Å². The summed E-state index contributed by atoms with van der Waals surface area (Å²) < 4.78 is 18.3. The maximum absolute atomic E-state index is 13.7. The highest BCUT2D eigenvalue weighted by molar-refractivity contribution is 6.13. The maximum atomic E-state index is 13.7. The fraction of sp³-hybridized carbons (Fsp3) is 0.148. The quantitative estimate of drug-likeness (QED) is 0.355. The molecule has 0 spiro atoms. The van der Waals surface area contributed by atoms with Crippen LogP contribution in [0.1, 0.15) is 21.5 Å². The maximum Gasteiger partial charge on any atom is 0.203 e. The Balaban J connectivity index is 1.89. The van der Waals surface area contributed by atoms with E-state index in [1.54, 1.807) is 12.1 Å². The van der Waals surface area contributed by atoms with Crippen LogP contribution in [0, 0.1) is 6.92 Å². The summed E-state index contributed by atoms with van der Waals surface area (Å²) in [6.45, 7) is 2.05. The van der Waals surface area contributed by atoms with Gasteiger partial charge in [0.05, 0.1) is 21.3 Å². The van der Waals surface area contributed by atoms with Gasteiger partial charge in [0.2, 0.25) is 5.75 Å². The molecule has 4 rings (SSSR count). The van der Waals surface area contributed by atoms with E-state index in [1.165, 1.54) is 21.3 Å². The van der Waals surface area contributed by atoms with Crippen LogP contribution in [-0.2, 0) is 0 Å². The Labute approximate surface area is 187 Å². The van der Waals surface area contributed by atoms with Crippen LogP contribution < -0.4 is 14.2 Å². The van der Waals surface area contributed by atoms with Crippen LogP contribution in [0.3, 0.4) is 0 Å². The fourth-order valence-corrected chi connectivity index (χ4v) is 3.84. The number of nitrogens with zero attached hydrogens (tertiary/aromatic N) is 1. The van der Waals surface area contributed by atoms with Gasteiger partial charge in [-0.3, -0.25) is 4.79 Å². The van der Waals surface area contributed by atoms with Gasteiger partial charge >= 0.3 is 0 Å². The molecule has 0 unspecified atom stereocenters. The summed E-state index contributed by atoms with van der Waals surface area (Å²) in [6.07, 6.45) is 3.89. The van der Waals surface area contributed by atoms with Gasteiger partial charge in [0.25, 0.3) is 0 Å². The Morgan fingerprint density at radius 2 is 1.41 bits per heavy atom. The third kappa shape index (κ3) is 3.85. The Morgan fingerprint density at radius 3 is 2.00 bits per heavy atom. The highest BCUT2D eigenvalue weighted by Crippen LogP contribution is 2.39. The molecule has 0 radical (unpaired) electrons. The number of aromatic nitrogens is 1. The van der Waals surface area contributed by atoms with E-state index in [4.69, 9.17) is 14.2 Å². The van der Waals surface area contributed by atoms with Crippen LogP contribution in [0.25, 0.3) is 16.8 Å². The normalized spacial score (nSPS) is 10.6. The van der Waals surface area contributed by atoms with Crippen molar-refractivity contribution in [3.8, 4) is 34.1 Å². The van der Waals surface area contributed by atoms with E-state index in [1.807, 2.05) is 65.5 Å². The Kier molecular flexibility index (Phi) is 5.99. The van der Waals surface area contributed by atoms with E-state index >= 15 is 0 Å². The zero-order valence-electron chi connectivity index (χ0n) is 18.6. The van der Waals surface area contributed by atoms with Gasteiger partial charge in [0.1, 0.15) is 0 Å². The molecule has 0 saturated carbocycles. The molecule has 0 bridgehead atoms. The molecule has 0 saturated heterocycles. The number of para-hydroxylation sites is 1. The molecule has 0 amide bonds. The van der Waals surface area contributed by atoms with Gasteiger partial charge in [0, 0.05) is 34.8 Å². The molecule has 1 aromatic heterocycles. The van der Waals surface area contributed by atoms with Crippen molar-refractivity contribution in [1.82, 2.24) is 4.57 Å². The smallest absolute Gasteiger partial charge is 0.203 e. The van der Waals surface area contributed by atoms with Crippen molar-refractivity contribution < 1.29 is 19.0 Å². The van der Waals surface area contributed by atoms with Crippen molar-refractivity contribution in [2.75, 3.05) is 21.3 Å². The number of hydrogen-bond acceptors (Lipinski definition) is 4. The summed E-state index contributed by atoms with van der Waals surface area (Å²) >= 11 is 0. The second-order valence-corrected chi connectivity index (χ2v) is 7.39. The summed E-state index contributed by atoms with van der Waals surface area (Å²) in [7, 11) is 4.61. The number of ketones is 1. The summed E-state index contributed by atoms with van der Waals surface area (Å²) in [5, 5.41) is 0. The second-order valence-electron chi connectivity index (χ2n) is 7.39. The second kappa shape index (κ2) is 9.02. The predicted octanol–water partition coefficient (Wildman–Crippen LogP) is 5.71. The van der Waals surface area contributed by atoms with E-state index in [-0.39, 0.29) is 5.78 Å². The van der Waals surface area contributed by atoms with Gasteiger partial charge in [-0.2, -0.15) is 0 Å². The lowest BCUT2D eigenvalue weighted by molar-refractivity contribution is 0.103. The molecule has 1 heterocycles. The van der Waals surface area contributed by atoms with Crippen LogP contribution in [-0.4, -0.2) is 31.7 Å². The van der Waals surface area contributed by atoms with E-state index in [9.17, 15) is 4.79 Å². The van der Waals surface area contributed by atoms with Crippen molar-refractivity contribution >= 4 is 5.78 Å². The molecule has 5 heteroatoms. The van der Waals surface area contributed by atoms with Gasteiger partial charge in [0.15, 0.2) is 17.3 Å². The van der Waals surface area contributed by atoms with Crippen LogP contribution in [0.5, 0.6) is 17.2 Å². The van der Waals surface area contributed by atoms with E-state index in [0.29, 0.717) is 28.4 Å². The first-order valence-corrected chi connectivity index (χ1v) is 10.3. The molecule has 0 aliphatic heterocycles. The number of ether oxygens (including phenoxy) is 3. The first-order chi connectivity index (χ1) is 15.6. The largest absolute Gasteiger partial charge is 0.493 e. The first kappa shape index (κ1) is 21.2. The minimum absolute atomic E-state index is 0.129. The zero-order valence-corrected chi connectivity index (χ0v) is 18.6. The molecular formula is C27H25NO4. The number of rotatable bonds is 7. The van der Waals surface area contributed by atoms with E-state index in [0.717, 1.165) is 22.4 Å². The van der Waals surface area contributed by atoms with E-state index in [2.05, 4.69) is 13.0 Å². The van der Waals surface area contributed by atoms with Crippen LogP contribution in [0.2, 0.25) is 0 Å². The average Bonchev–Trinajstić information content (AvgIpc) is 3.28. The number of carbonyl (C=O) groups is 1. The molecule has 32 heavy (non-hydrogen) atoms. The fourth-order valence-electron chi connectivity index (χ4n) is 3.84. The SMILES string of the molecule is COc1cc(C(=O)c2cn(-c3ccccc3C)cc2-c2ccccc2)cc(OC)c1OC. The average molecular weight is 428 g/mol. The van der Waals surface area contributed by atoms with Crippen LogP contribution in [0.4, 0.5) is 0 Å². The summed E-state index contributed by atoms with van der Waals surface area (Å²) in [5.41, 5.74) is 5.01. The monoisotopic (exact) mass is 427 g/mol. The molecule has 5 nitrogen and oxygen atoms in total. The molecular weight excluding hydrogens is 402 g/mol. The molecule has 0 N–H and O–H groups in total. The standard InChI is InChI=1S/C27H25NO4/c1-18-10-8-9-13-23(18)28-16-21(19-11-6-5-7-12-19)22(17-28)26(29)20-14-24(30-2)27(32-4)25(15-20)31-3/h5-17H,1-4H3. The topological polar surface area (TPSA) is 49.7 Å². The molecule has 3 aromatic carbocycles. The lowest BCUT2D eigenvalue weighted by Crippen LogP contribution is -2.04.